The van der Waals surface area contributed by atoms with E-state index in [2.05, 4.69) is 34.4 Å². The molecular weight excluding hydrogens is 308 g/mol. The van der Waals surface area contributed by atoms with Crippen LogP contribution in [0.5, 0.6) is 0 Å². The molecule has 1 fully saturated rings. The standard InChI is InChI=1S/C17H28N4O3/c1-4-6-13(17(22)23)21-15-9-14(18-10-19-15)20-12-7-5-8-24-16(12)11(2)3/h9-13,16H,4-8H2,1-3H3,(H,22,23)(H2,18,19,20,21). The van der Waals surface area contributed by atoms with Crippen LogP contribution in [0.3, 0.4) is 0 Å². The van der Waals surface area contributed by atoms with Crippen LogP contribution in [0, 0.1) is 5.92 Å². The van der Waals surface area contributed by atoms with Gasteiger partial charge in [-0.3, -0.25) is 0 Å². The Hall–Kier alpha value is -1.89. The van der Waals surface area contributed by atoms with Crippen LogP contribution >= 0.6 is 0 Å². The number of carboxylic acids is 1. The lowest BCUT2D eigenvalue weighted by atomic mass is 9.94. The maximum atomic E-state index is 11.3. The van der Waals surface area contributed by atoms with Gasteiger partial charge in [0.25, 0.3) is 0 Å². The van der Waals surface area contributed by atoms with Gasteiger partial charge in [0.1, 0.15) is 24.0 Å². The van der Waals surface area contributed by atoms with Crippen molar-refractivity contribution in [2.75, 3.05) is 17.2 Å². The number of ether oxygens (including phenoxy) is 1. The Balaban J connectivity index is 2.05. The summed E-state index contributed by atoms with van der Waals surface area (Å²) in [4.78, 5) is 19.7. The molecule has 1 aliphatic rings. The molecule has 7 nitrogen and oxygen atoms in total. The molecule has 3 N–H and O–H groups in total. The number of carbonyl (C=O) groups is 1. The summed E-state index contributed by atoms with van der Waals surface area (Å²) >= 11 is 0. The van der Waals surface area contributed by atoms with E-state index in [1.54, 1.807) is 6.07 Å². The first-order chi connectivity index (χ1) is 11.5. The van der Waals surface area contributed by atoms with Crippen molar-refractivity contribution in [3.63, 3.8) is 0 Å². The van der Waals surface area contributed by atoms with E-state index in [0.29, 0.717) is 24.0 Å². The van der Waals surface area contributed by atoms with Gasteiger partial charge in [-0.15, -0.1) is 0 Å². The lowest BCUT2D eigenvalue weighted by Gasteiger charge is -2.35. The summed E-state index contributed by atoms with van der Waals surface area (Å²) in [5, 5.41) is 15.6. The number of hydrogen-bond acceptors (Lipinski definition) is 6. The Labute approximate surface area is 143 Å². The van der Waals surface area contributed by atoms with Gasteiger partial charge in [-0.25, -0.2) is 14.8 Å². The van der Waals surface area contributed by atoms with Gasteiger partial charge in [0.2, 0.25) is 0 Å². The van der Waals surface area contributed by atoms with Crippen LogP contribution in [-0.4, -0.2) is 45.8 Å². The lowest BCUT2D eigenvalue weighted by molar-refractivity contribution is -0.138. The fourth-order valence-corrected chi connectivity index (χ4v) is 3.04. The van der Waals surface area contributed by atoms with E-state index in [-0.39, 0.29) is 12.1 Å². The van der Waals surface area contributed by atoms with Crippen molar-refractivity contribution in [1.29, 1.82) is 0 Å². The molecule has 0 bridgehead atoms. The molecule has 7 heteroatoms. The second kappa shape index (κ2) is 8.82. The van der Waals surface area contributed by atoms with Crippen molar-refractivity contribution in [3.8, 4) is 0 Å². The fourth-order valence-electron chi connectivity index (χ4n) is 3.04. The molecule has 1 saturated heterocycles. The Morgan fingerprint density at radius 2 is 2.17 bits per heavy atom. The molecule has 1 aromatic rings. The Morgan fingerprint density at radius 1 is 1.42 bits per heavy atom. The highest BCUT2D eigenvalue weighted by molar-refractivity contribution is 5.76. The zero-order valence-corrected chi connectivity index (χ0v) is 14.7. The monoisotopic (exact) mass is 336 g/mol. The van der Waals surface area contributed by atoms with E-state index in [1.807, 2.05) is 6.92 Å². The van der Waals surface area contributed by atoms with Gasteiger partial charge in [-0.2, -0.15) is 0 Å². The summed E-state index contributed by atoms with van der Waals surface area (Å²) in [5.74, 6) is 0.758. The van der Waals surface area contributed by atoms with E-state index in [4.69, 9.17) is 4.74 Å². The molecule has 2 heterocycles. The zero-order chi connectivity index (χ0) is 17.5. The van der Waals surface area contributed by atoms with Crippen LogP contribution in [0.25, 0.3) is 0 Å². The molecule has 2 rings (SSSR count). The molecule has 0 aromatic carbocycles. The van der Waals surface area contributed by atoms with E-state index in [0.717, 1.165) is 25.9 Å². The topological polar surface area (TPSA) is 96.4 Å². The molecule has 134 valence electrons. The van der Waals surface area contributed by atoms with Crippen LogP contribution in [0.4, 0.5) is 11.6 Å². The number of carboxylic acid groups (broad SMARTS) is 1. The second-order valence-electron chi connectivity index (χ2n) is 6.58. The van der Waals surface area contributed by atoms with Crippen molar-refractivity contribution in [3.05, 3.63) is 12.4 Å². The summed E-state index contributed by atoms with van der Waals surface area (Å²) in [7, 11) is 0. The third-order valence-corrected chi connectivity index (χ3v) is 4.22. The van der Waals surface area contributed by atoms with Crippen LogP contribution < -0.4 is 10.6 Å². The van der Waals surface area contributed by atoms with Crippen LogP contribution in [0.2, 0.25) is 0 Å². The summed E-state index contributed by atoms with van der Waals surface area (Å²) in [6.07, 6.45) is 4.99. The van der Waals surface area contributed by atoms with Crippen molar-refractivity contribution < 1.29 is 14.6 Å². The SMILES string of the molecule is CCCC(Nc1cc(NC2CCCOC2C(C)C)ncn1)C(=O)O. The number of anilines is 2. The molecule has 0 aliphatic carbocycles. The maximum absolute atomic E-state index is 11.3. The summed E-state index contributed by atoms with van der Waals surface area (Å²) < 4.78 is 5.88. The van der Waals surface area contributed by atoms with Gasteiger partial charge in [0, 0.05) is 12.7 Å². The number of nitrogens with zero attached hydrogens (tertiary/aromatic N) is 2. The quantitative estimate of drug-likeness (QED) is 0.671. The fraction of sp³-hybridized carbons (Fsp3) is 0.706. The number of rotatable bonds is 8. The van der Waals surface area contributed by atoms with E-state index in [1.165, 1.54) is 6.33 Å². The molecule has 0 amide bonds. The van der Waals surface area contributed by atoms with Crippen LogP contribution in [0.1, 0.15) is 46.5 Å². The first-order valence-electron chi connectivity index (χ1n) is 8.70. The largest absolute Gasteiger partial charge is 0.480 e. The van der Waals surface area contributed by atoms with Crippen LogP contribution in [-0.2, 0) is 9.53 Å². The van der Waals surface area contributed by atoms with Gasteiger partial charge < -0.3 is 20.5 Å². The Bertz CT molecular complexity index is 538. The Kier molecular flexibility index (Phi) is 6.78. The van der Waals surface area contributed by atoms with Crippen molar-refractivity contribution in [2.45, 2.75) is 64.6 Å². The molecule has 1 aromatic heterocycles. The van der Waals surface area contributed by atoms with Gasteiger partial charge in [-0.05, 0) is 25.2 Å². The predicted molar refractivity (Wildman–Crippen MR) is 93.2 cm³/mol. The zero-order valence-electron chi connectivity index (χ0n) is 14.7. The minimum Gasteiger partial charge on any atom is -0.480 e. The second-order valence-corrected chi connectivity index (χ2v) is 6.58. The van der Waals surface area contributed by atoms with E-state index >= 15 is 0 Å². The first-order valence-corrected chi connectivity index (χ1v) is 8.70. The van der Waals surface area contributed by atoms with Gasteiger partial charge in [0.15, 0.2) is 0 Å². The molecule has 1 aliphatic heterocycles. The highest BCUT2D eigenvalue weighted by atomic mass is 16.5. The molecule has 0 saturated carbocycles. The molecule has 3 unspecified atom stereocenters. The summed E-state index contributed by atoms with van der Waals surface area (Å²) in [5.41, 5.74) is 0. The summed E-state index contributed by atoms with van der Waals surface area (Å²) in [6.45, 7) is 7.06. The predicted octanol–water partition coefficient (Wildman–Crippen LogP) is 2.76. The smallest absolute Gasteiger partial charge is 0.326 e. The molecular formula is C17H28N4O3. The highest BCUT2D eigenvalue weighted by Gasteiger charge is 2.28. The Morgan fingerprint density at radius 3 is 2.83 bits per heavy atom. The highest BCUT2D eigenvalue weighted by Crippen LogP contribution is 2.24. The number of hydrogen-bond donors (Lipinski definition) is 3. The van der Waals surface area contributed by atoms with Gasteiger partial charge in [0.05, 0.1) is 12.1 Å². The molecule has 3 atom stereocenters. The van der Waals surface area contributed by atoms with Gasteiger partial charge in [-0.1, -0.05) is 27.2 Å². The normalized spacial score (nSPS) is 22.2. The number of aromatic nitrogens is 2. The van der Waals surface area contributed by atoms with E-state index in [9.17, 15) is 9.90 Å². The number of aliphatic carboxylic acids is 1. The average Bonchev–Trinajstić information content (AvgIpc) is 2.55. The lowest BCUT2D eigenvalue weighted by Crippen LogP contribution is -2.43. The van der Waals surface area contributed by atoms with Crippen molar-refractivity contribution in [1.82, 2.24) is 9.97 Å². The summed E-state index contributed by atoms with van der Waals surface area (Å²) in [6, 6.07) is 1.32. The maximum Gasteiger partial charge on any atom is 0.326 e. The average molecular weight is 336 g/mol. The molecule has 0 spiro atoms. The minimum atomic E-state index is -0.870. The third kappa shape index (κ3) is 5.06. The minimum absolute atomic E-state index is 0.150. The molecule has 24 heavy (non-hydrogen) atoms. The molecule has 0 radical (unpaired) electrons. The third-order valence-electron chi connectivity index (χ3n) is 4.22. The number of nitrogens with one attached hydrogen (secondary N) is 2. The van der Waals surface area contributed by atoms with Gasteiger partial charge >= 0.3 is 5.97 Å². The first kappa shape index (κ1) is 18.4. The van der Waals surface area contributed by atoms with Crippen LogP contribution in [0.15, 0.2) is 12.4 Å². The van der Waals surface area contributed by atoms with Crippen molar-refractivity contribution in [2.24, 2.45) is 5.92 Å². The van der Waals surface area contributed by atoms with E-state index < -0.39 is 12.0 Å². The van der Waals surface area contributed by atoms with Crippen molar-refractivity contribution >= 4 is 17.6 Å².